The van der Waals surface area contributed by atoms with Crippen LogP contribution in [0.4, 0.5) is 11.4 Å². The number of hydrogen-bond donors (Lipinski definition) is 5. The molecule has 3 aromatic rings. The molecule has 31 heavy (non-hydrogen) atoms. The zero-order valence-electron chi connectivity index (χ0n) is 17.4. The maximum atomic E-state index is 6.27. The van der Waals surface area contributed by atoms with Gasteiger partial charge in [0.1, 0.15) is 0 Å². The molecular weight excluding hydrogens is 388 g/mol. The number of nitrogens with zero attached hydrogens (tertiary/aromatic N) is 3. The minimum atomic E-state index is 0.376. The number of piperidine rings is 1. The molecule has 8 heteroatoms. The fourth-order valence-corrected chi connectivity index (χ4v) is 3.60. The molecule has 0 amide bonds. The summed E-state index contributed by atoms with van der Waals surface area (Å²) in [5, 5.41) is 15.1. The molecule has 4 rings (SSSR count). The Labute approximate surface area is 182 Å². The monoisotopic (exact) mass is 416 g/mol. The van der Waals surface area contributed by atoms with Crippen molar-refractivity contribution in [3.05, 3.63) is 78.9 Å². The summed E-state index contributed by atoms with van der Waals surface area (Å²) in [5.74, 6) is 6.59. The molecule has 1 aliphatic rings. The summed E-state index contributed by atoms with van der Waals surface area (Å²) in [6, 6.07) is 15.5. The number of anilines is 2. The molecule has 0 saturated carbocycles. The van der Waals surface area contributed by atoms with Crippen molar-refractivity contribution in [3.8, 4) is 11.4 Å². The van der Waals surface area contributed by atoms with Crippen molar-refractivity contribution in [2.24, 2.45) is 17.5 Å². The van der Waals surface area contributed by atoms with Gasteiger partial charge in [0.05, 0.1) is 28.5 Å². The van der Waals surface area contributed by atoms with E-state index in [0.717, 1.165) is 60.1 Å². The van der Waals surface area contributed by atoms with E-state index >= 15 is 0 Å². The first-order valence-electron chi connectivity index (χ1n) is 10.3. The highest BCUT2D eigenvalue weighted by Gasteiger charge is 2.16. The molecule has 160 valence electrons. The third-order valence-electron chi connectivity index (χ3n) is 5.39. The predicted molar refractivity (Wildman–Crippen MR) is 125 cm³/mol. The van der Waals surface area contributed by atoms with E-state index in [1.54, 1.807) is 11.2 Å². The van der Waals surface area contributed by atoms with Crippen LogP contribution in [0.25, 0.3) is 17.1 Å². The van der Waals surface area contributed by atoms with Crippen molar-refractivity contribution < 1.29 is 0 Å². The Kier molecular flexibility index (Phi) is 6.30. The molecule has 0 unspecified atom stereocenters. The van der Waals surface area contributed by atoms with Gasteiger partial charge in [0.15, 0.2) is 0 Å². The summed E-state index contributed by atoms with van der Waals surface area (Å²) >= 11 is 0. The molecule has 1 fully saturated rings. The molecule has 0 atom stereocenters. The summed E-state index contributed by atoms with van der Waals surface area (Å²) in [4.78, 5) is 4.65. The fraction of sp³-hybridized carbons (Fsp3) is 0.217. The summed E-state index contributed by atoms with van der Waals surface area (Å²) in [5.41, 5.74) is 12.0. The third kappa shape index (κ3) is 5.11. The predicted octanol–water partition coefficient (Wildman–Crippen LogP) is 3.03. The van der Waals surface area contributed by atoms with Crippen molar-refractivity contribution >= 4 is 17.1 Å². The van der Waals surface area contributed by atoms with E-state index in [0.29, 0.717) is 11.6 Å². The van der Waals surface area contributed by atoms with Crippen molar-refractivity contribution in [2.75, 3.05) is 23.4 Å². The van der Waals surface area contributed by atoms with E-state index in [4.69, 9.17) is 11.6 Å². The average Bonchev–Trinajstić information content (AvgIpc) is 3.35. The molecule has 8 nitrogen and oxygen atoms in total. The van der Waals surface area contributed by atoms with Crippen LogP contribution in [0.5, 0.6) is 0 Å². The van der Waals surface area contributed by atoms with E-state index in [2.05, 4.69) is 32.4 Å². The van der Waals surface area contributed by atoms with Gasteiger partial charge in [-0.15, -0.1) is 0 Å². The van der Waals surface area contributed by atoms with Crippen LogP contribution in [0.3, 0.4) is 0 Å². The molecular formula is C23H28N8. The fourth-order valence-electron chi connectivity index (χ4n) is 3.60. The Morgan fingerprint density at radius 3 is 2.61 bits per heavy atom. The molecule has 0 spiro atoms. The van der Waals surface area contributed by atoms with E-state index in [1.807, 2.05) is 54.7 Å². The number of aromatic amines is 1. The van der Waals surface area contributed by atoms with Gasteiger partial charge in [-0.05, 0) is 68.4 Å². The third-order valence-corrected chi connectivity index (χ3v) is 5.39. The van der Waals surface area contributed by atoms with Gasteiger partial charge < -0.3 is 16.4 Å². The normalized spacial score (nSPS) is 14.9. The maximum absolute atomic E-state index is 6.27. The Balaban J connectivity index is 1.40. The van der Waals surface area contributed by atoms with E-state index in [9.17, 15) is 0 Å². The molecule has 0 radical (unpaired) electrons. The number of hydrazine groups is 1. The Morgan fingerprint density at radius 1 is 1.13 bits per heavy atom. The second-order valence-electron chi connectivity index (χ2n) is 7.59. The zero-order valence-corrected chi connectivity index (χ0v) is 17.4. The summed E-state index contributed by atoms with van der Waals surface area (Å²) < 4.78 is 0. The minimum Gasteiger partial charge on any atom is -0.401 e. The molecule has 0 bridgehead atoms. The second-order valence-corrected chi connectivity index (χ2v) is 7.59. The average molecular weight is 417 g/mol. The smallest absolute Gasteiger partial charge is 0.0888 e. The number of aromatic nitrogens is 3. The molecule has 1 aromatic carbocycles. The van der Waals surface area contributed by atoms with Crippen LogP contribution in [0.1, 0.15) is 18.5 Å². The topological polar surface area (TPSA) is 121 Å². The number of nitrogens with one attached hydrogen (secondary N) is 3. The number of rotatable bonds is 7. The molecule has 3 heterocycles. The van der Waals surface area contributed by atoms with Crippen LogP contribution in [0.15, 0.2) is 73.2 Å². The quantitative estimate of drug-likeness (QED) is 0.296. The Hall–Kier alpha value is -3.62. The number of hydrogen-bond acceptors (Lipinski definition) is 7. The van der Waals surface area contributed by atoms with Gasteiger partial charge in [0.25, 0.3) is 0 Å². The van der Waals surface area contributed by atoms with Crippen LogP contribution in [-0.2, 0) is 0 Å². The van der Waals surface area contributed by atoms with Crippen LogP contribution in [-0.4, -0.2) is 28.3 Å². The number of H-pyrrole nitrogens is 1. The van der Waals surface area contributed by atoms with Gasteiger partial charge in [-0.3, -0.25) is 10.1 Å². The first kappa shape index (κ1) is 20.6. The van der Waals surface area contributed by atoms with Gasteiger partial charge in [-0.25, -0.2) is 10.8 Å². The van der Waals surface area contributed by atoms with Gasteiger partial charge in [-0.2, -0.15) is 5.10 Å². The van der Waals surface area contributed by atoms with E-state index in [1.165, 1.54) is 0 Å². The lowest BCUT2D eigenvalue weighted by Gasteiger charge is -2.24. The van der Waals surface area contributed by atoms with Crippen molar-refractivity contribution in [1.29, 1.82) is 0 Å². The number of pyridine rings is 1. The number of benzene rings is 1. The van der Waals surface area contributed by atoms with Crippen LogP contribution >= 0.6 is 0 Å². The minimum absolute atomic E-state index is 0.376. The first-order valence-corrected chi connectivity index (χ1v) is 10.3. The summed E-state index contributed by atoms with van der Waals surface area (Å²) in [7, 11) is 0. The zero-order chi connectivity index (χ0) is 21.6. The highest BCUT2D eigenvalue weighted by Crippen LogP contribution is 2.23. The number of nitrogens with two attached hydrogens (primary N) is 2. The van der Waals surface area contributed by atoms with Gasteiger partial charge >= 0.3 is 0 Å². The lowest BCUT2D eigenvalue weighted by atomic mass is 9.95. The molecule has 1 saturated heterocycles. The lowest BCUT2D eigenvalue weighted by molar-refractivity contribution is 0.416. The van der Waals surface area contributed by atoms with Gasteiger partial charge in [0, 0.05) is 29.7 Å². The van der Waals surface area contributed by atoms with E-state index < -0.39 is 0 Å². The Bertz CT molecular complexity index is 1030. The van der Waals surface area contributed by atoms with Crippen LogP contribution < -0.4 is 27.2 Å². The first-order chi connectivity index (χ1) is 15.1. The largest absolute Gasteiger partial charge is 0.401 e. The lowest BCUT2D eigenvalue weighted by Crippen LogP contribution is -2.33. The van der Waals surface area contributed by atoms with Crippen LogP contribution in [0, 0.1) is 5.92 Å². The number of allylic oxidation sites excluding steroid dienone is 1. The maximum Gasteiger partial charge on any atom is 0.0888 e. The van der Waals surface area contributed by atoms with Gasteiger partial charge in [0.2, 0.25) is 0 Å². The van der Waals surface area contributed by atoms with Gasteiger partial charge in [-0.1, -0.05) is 12.6 Å². The van der Waals surface area contributed by atoms with Crippen molar-refractivity contribution in [3.63, 3.8) is 0 Å². The molecule has 1 aliphatic heterocycles. The standard InChI is InChI=1S/C23H28N8/c1-16(21-3-2-4-22(29-21)23-11-14-27-30-23)28-18-5-7-19(8-6-18)31(25)15-20(24)17-9-12-26-13-10-17/h2-8,11,14-15,17,26,28H,1,9-10,12-13,24-25H2,(H,27,30)/b20-15-. The molecule has 2 aromatic heterocycles. The van der Waals surface area contributed by atoms with Crippen molar-refractivity contribution in [1.82, 2.24) is 20.5 Å². The second kappa shape index (κ2) is 9.46. The summed E-state index contributed by atoms with van der Waals surface area (Å²) in [6.07, 6.45) is 5.60. The Morgan fingerprint density at radius 2 is 1.90 bits per heavy atom. The highest BCUT2D eigenvalue weighted by molar-refractivity contribution is 5.75. The highest BCUT2D eigenvalue weighted by atomic mass is 15.4. The molecule has 0 aliphatic carbocycles. The summed E-state index contributed by atoms with van der Waals surface area (Å²) in [6.45, 7) is 6.11. The van der Waals surface area contributed by atoms with Crippen LogP contribution in [0.2, 0.25) is 0 Å². The van der Waals surface area contributed by atoms with E-state index in [-0.39, 0.29) is 0 Å². The molecule has 7 N–H and O–H groups in total. The van der Waals surface area contributed by atoms with Crippen molar-refractivity contribution in [2.45, 2.75) is 12.8 Å². The SMILES string of the molecule is C=C(Nc1ccc(N(N)/C=C(\N)C2CCNCC2)cc1)c1cccc(-c2ccn[nH]2)n1.